The van der Waals surface area contributed by atoms with Crippen LogP contribution in [-0.4, -0.2) is 70.7 Å². The average molecular weight is 609 g/mol. The molecule has 4 saturated carbocycles. The predicted molar refractivity (Wildman–Crippen MR) is 152 cm³/mol. The number of halogens is 2. The van der Waals surface area contributed by atoms with Crippen LogP contribution in [0.5, 0.6) is 0 Å². The molecule has 0 radical (unpaired) electrons. The zero-order valence-electron chi connectivity index (χ0n) is 25.5. The van der Waals surface area contributed by atoms with E-state index in [1.807, 2.05) is 20.8 Å². The Hall–Kier alpha value is -2.79. The number of alkyl halides is 2. The number of Topliss-reactive ketones (excluding diaryl/α,β-unsaturated/α-hetero) is 1. The Morgan fingerprint density at radius 1 is 0.953 bits per heavy atom. The maximum Gasteiger partial charge on any atom is 0.408 e. The summed E-state index contributed by atoms with van der Waals surface area (Å²) in [6.45, 7) is 6.21. The van der Waals surface area contributed by atoms with Crippen molar-refractivity contribution in [3.05, 3.63) is 0 Å². The second-order valence-corrected chi connectivity index (χ2v) is 14.5. The quantitative estimate of drug-likeness (QED) is 0.324. The zero-order valence-corrected chi connectivity index (χ0v) is 25.5. The Kier molecular flexibility index (Phi) is 8.54. The third kappa shape index (κ3) is 6.53. The molecule has 10 nitrogen and oxygen atoms in total. The molecular formula is C31H46F2N4O6. The molecule has 6 atom stereocenters. The summed E-state index contributed by atoms with van der Waals surface area (Å²) >= 11 is 0. The summed E-state index contributed by atoms with van der Waals surface area (Å²) in [5.74, 6) is -7.92. The number of fused-ring (bicyclic) bond motifs is 1. The zero-order chi connectivity index (χ0) is 31.3. The van der Waals surface area contributed by atoms with E-state index in [0.717, 1.165) is 64.2 Å². The van der Waals surface area contributed by atoms with Crippen molar-refractivity contribution >= 4 is 29.6 Å². The number of amides is 4. The van der Waals surface area contributed by atoms with Crippen LogP contribution in [0.4, 0.5) is 13.6 Å². The summed E-state index contributed by atoms with van der Waals surface area (Å²) in [7, 11) is 0. The summed E-state index contributed by atoms with van der Waals surface area (Å²) < 4.78 is 33.3. The lowest BCUT2D eigenvalue weighted by Crippen LogP contribution is -2.60. The van der Waals surface area contributed by atoms with Crippen LogP contribution in [0.2, 0.25) is 0 Å². The molecule has 0 spiro atoms. The fraction of sp³-hybridized carbons (Fsp3) is 0.839. The van der Waals surface area contributed by atoms with Crippen LogP contribution < -0.4 is 16.4 Å². The van der Waals surface area contributed by atoms with Crippen LogP contribution in [0.1, 0.15) is 97.8 Å². The van der Waals surface area contributed by atoms with Gasteiger partial charge in [-0.2, -0.15) is 0 Å². The van der Waals surface area contributed by atoms with Crippen molar-refractivity contribution in [2.75, 3.05) is 6.54 Å². The molecule has 1 aliphatic heterocycles. The second-order valence-electron chi connectivity index (χ2n) is 14.5. The molecule has 1 saturated heterocycles. The number of likely N-dealkylation sites (tertiary alicyclic amines) is 1. The average Bonchev–Trinajstić information content (AvgIpc) is 3.60. The number of carbonyl (C=O) groups excluding carboxylic acids is 5. The first-order valence-corrected chi connectivity index (χ1v) is 16.0. The minimum atomic E-state index is -2.96. The van der Waals surface area contributed by atoms with Crippen molar-refractivity contribution in [2.24, 2.45) is 34.8 Å². The Bertz CT molecular complexity index is 1150. The lowest BCUT2D eigenvalue weighted by Gasteiger charge is -2.38. The fourth-order valence-corrected chi connectivity index (χ4v) is 8.09. The van der Waals surface area contributed by atoms with Crippen molar-refractivity contribution in [2.45, 2.75) is 127 Å². The highest BCUT2D eigenvalue weighted by molar-refractivity contribution is 6.37. The van der Waals surface area contributed by atoms with Crippen LogP contribution in [0.25, 0.3) is 0 Å². The van der Waals surface area contributed by atoms with Gasteiger partial charge < -0.3 is 26.0 Å². The number of nitrogens with two attached hydrogens (primary N) is 1. The highest BCUT2D eigenvalue weighted by atomic mass is 19.3. The van der Waals surface area contributed by atoms with E-state index in [9.17, 15) is 32.8 Å². The van der Waals surface area contributed by atoms with Crippen LogP contribution >= 0.6 is 0 Å². The Labute approximate surface area is 251 Å². The van der Waals surface area contributed by atoms with Crippen LogP contribution in [0.3, 0.4) is 0 Å². The molecule has 5 fully saturated rings. The number of alkyl carbamates (subject to hydrolysis) is 1. The lowest BCUT2D eigenvalue weighted by molar-refractivity contribution is -0.144. The summed E-state index contributed by atoms with van der Waals surface area (Å²) in [4.78, 5) is 67.0. The highest BCUT2D eigenvalue weighted by Gasteiger charge is 2.70. The monoisotopic (exact) mass is 608 g/mol. The van der Waals surface area contributed by atoms with E-state index in [1.165, 1.54) is 4.90 Å². The molecule has 0 aromatic heterocycles. The normalized spacial score (nSPS) is 31.6. The number of primary amides is 1. The third-order valence-corrected chi connectivity index (χ3v) is 11.0. The van der Waals surface area contributed by atoms with E-state index in [-0.39, 0.29) is 29.1 Å². The van der Waals surface area contributed by atoms with Crippen LogP contribution in [0.15, 0.2) is 0 Å². The van der Waals surface area contributed by atoms with Gasteiger partial charge in [-0.25, -0.2) is 13.6 Å². The van der Waals surface area contributed by atoms with E-state index < -0.39 is 72.1 Å². The number of ketones is 1. The van der Waals surface area contributed by atoms with Crippen molar-refractivity contribution in [1.29, 1.82) is 0 Å². The van der Waals surface area contributed by atoms with Gasteiger partial charge in [-0.1, -0.05) is 39.5 Å². The molecule has 2 unspecified atom stereocenters. The molecule has 43 heavy (non-hydrogen) atoms. The van der Waals surface area contributed by atoms with Gasteiger partial charge in [0.2, 0.25) is 17.6 Å². The number of rotatable bonds is 10. The summed E-state index contributed by atoms with van der Waals surface area (Å²) in [5, 5.41) is 5.40. The molecule has 0 aromatic carbocycles. The van der Waals surface area contributed by atoms with Gasteiger partial charge >= 0.3 is 6.09 Å². The fourth-order valence-electron chi connectivity index (χ4n) is 8.09. The van der Waals surface area contributed by atoms with Crippen LogP contribution in [0, 0.1) is 29.1 Å². The van der Waals surface area contributed by atoms with Crippen molar-refractivity contribution in [3.8, 4) is 0 Å². The van der Waals surface area contributed by atoms with Gasteiger partial charge in [0.25, 0.3) is 11.8 Å². The van der Waals surface area contributed by atoms with Gasteiger partial charge in [0.15, 0.2) is 0 Å². The van der Waals surface area contributed by atoms with E-state index in [4.69, 9.17) is 10.5 Å². The molecule has 4 N–H and O–H groups in total. The Balaban J connectivity index is 1.35. The minimum absolute atomic E-state index is 0.0189. The first kappa shape index (κ1) is 31.6. The largest absolute Gasteiger partial charge is 0.443 e. The van der Waals surface area contributed by atoms with Crippen molar-refractivity contribution in [1.82, 2.24) is 15.5 Å². The number of nitrogens with one attached hydrogen (secondary N) is 2. The van der Waals surface area contributed by atoms with Gasteiger partial charge in [0.05, 0.1) is 6.04 Å². The maximum atomic E-state index is 14.3. The van der Waals surface area contributed by atoms with Gasteiger partial charge in [0, 0.05) is 18.9 Å². The maximum absolute atomic E-state index is 14.3. The predicted octanol–water partition coefficient (Wildman–Crippen LogP) is 3.45. The third-order valence-electron chi connectivity index (χ3n) is 11.0. The number of hydrogen-bond donors (Lipinski definition) is 3. The summed E-state index contributed by atoms with van der Waals surface area (Å²) in [5.41, 5.74) is 4.34. The lowest BCUT2D eigenvalue weighted by atomic mass is 9.83. The molecular weight excluding hydrogens is 562 g/mol. The SMILES string of the molecule is CC1(OC(=O)N[C@H](C(=O)N2C[C@H]3[C@@H]([C@H]2C(=O)NC(CC2CC2(F)F)C(=O)C(N)=O)C3(C)C)C2CCCCC2)CCCCC1. The number of nitrogens with zero attached hydrogens (tertiary/aromatic N) is 1. The van der Waals surface area contributed by atoms with Gasteiger partial charge in [-0.15, -0.1) is 0 Å². The molecule has 1 heterocycles. The number of piperidine rings is 1. The first-order chi connectivity index (χ1) is 20.1. The molecule has 0 aromatic rings. The van der Waals surface area contributed by atoms with E-state index in [1.54, 1.807) is 0 Å². The van der Waals surface area contributed by atoms with Gasteiger partial charge in [-0.3, -0.25) is 19.2 Å². The molecule has 240 valence electrons. The molecule has 0 bridgehead atoms. The van der Waals surface area contributed by atoms with Crippen molar-refractivity contribution < 1.29 is 37.5 Å². The number of ether oxygens (including phenoxy) is 1. The highest BCUT2D eigenvalue weighted by Crippen LogP contribution is 2.65. The molecule has 12 heteroatoms. The smallest absolute Gasteiger partial charge is 0.408 e. The van der Waals surface area contributed by atoms with E-state index in [2.05, 4.69) is 10.6 Å². The topological polar surface area (TPSA) is 148 Å². The summed E-state index contributed by atoms with van der Waals surface area (Å²) in [6, 6.07) is -3.36. The second kappa shape index (κ2) is 11.6. The standard InChI is InChI=1S/C31H46F2N4O6/c1-29(2)19-16-37(23(21(19)29)26(40)35-20(24(38)25(34)39)14-18-15-31(18,32)33)27(41)22(17-10-6-4-7-11-17)36-28(42)43-30(3)12-8-5-9-13-30/h17-23H,4-16H2,1-3H3,(H2,34,39)(H,35,40)(H,36,42)/t18?,19-,20?,21-,22-,23-/m0/s1. The molecule has 5 aliphatic rings. The van der Waals surface area contributed by atoms with Crippen molar-refractivity contribution in [3.63, 3.8) is 0 Å². The minimum Gasteiger partial charge on any atom is -0.443 e. The molecule has 4 amide bonds. The molecule has 5 rings (SSSR count). The summed E-state index contributed by atoms with van der Waals surface area (Å²) in [6.07, 6.45) is 7.46. The van der Waals surface area contributed by atoms with Gasteiger partial charge in [-0.05, 0) is 75.0 Å². The van der Waals surface area contributed by atoms with E-state index >= 15 is 0 Å². The Morgan fingerprint density at radius 2 is 1.56 bits per heavy atom. The van der Waals surface area contributed by atoms with E-state index in [0.29, 0.717) is 6.54 Å². The van der Waals surface area contributed by atoms with Gasteiger partial charge in [0.1, 0.15) is 17.7 Å². The van der Waals surface area contributed by atoms with Crippen LogP contribution in [-0.2, 0) is 23.9 Å². The number of hydrogen-bond acceptors (Lipinski definition) is 6. The number of carbonyl (C=O) groups is 5. The first-order valence-electron chi connectivity index (χ1n) is 16.0. The Morgan fingerprint density at radius 3 is 2.14 bits per heavy atom. The molecule has 4 aliphatic carbocycles.